The molecule has 0 fully saturated rings. The molecule has 2 aromatic heterocycles. The Balaban J connectivity index is 1.81. The van der Waals surface area contributed by atoms with E-state index in [1.807, 2.05) is 30.5 Å². The molecule has 6 nitrogen and oxygen atoms in total. The third kappa shape index (κ3) is 4.31. The highest BCUT2D eigenvalue weighted by molar-refractivity contribution is 7.15. The van der Waals surface area contributed by atoms with E-state index in [-0.39, 0.29) is 25.3 Å². The van der Waals surface area contributed by atoms with Crippen molar-refractivity contribution in [1.82, 2.24) is 20.1 Å². The Hall–Kier alpha value is -2.65. The van der Waals surface area contributed by atoms with E-state index in [0.29, 0.717) is 16.7 Å². The molecule has 0 aliphatic carbocycles. The van der Waals surface area contributed by atoms with Crippen LogP contribution in [0.3, 0.4) is 0 Å². The molecule has 0 spiro atoms. The number of amides is 1. The molecule has 1 amide bonds. The molecule has 10 heteroatoms. The van der Waals surface area contributed by atoms with Gasteiger partial charge in [0.15, 0.2) is 5.82 Å². The third-order valence-electron chi connectivity index (χ3n) is 5.42. The number of carbonyl (C=O) groups is 1. The Kier molecular flexibility index (Phi) is 6.39. The van der Waals surface area contributed by atoms with Crippen LogP contribution in [0.4, 0.5) is 8.78 Å². The van der Waals surface area contributed by atoms with Gasteiger partial charge in [0, 0.05) is 34.0 Å². The van der Waals surface area contributed by atoms with Crippen molar-refractivity contribution >= 4 is 34.6 Å². The number of thiophene rings is 1. The highest BCUT2D eigenvalue weighted by Gasteiger charge is 2.32. The van der Waals surface area contributed by atoms with Gasteiger partial charge in [-0.1, -0.05) is 23.7 Å². The Morgan fingerprint density at radius 3 is 2.62 bits per heavy atom. The normalized spacial score (nSPS) is 15.2. The minimum atomic E-state index is -2.46. The number of nitrogens with one attached hydrogen (secondary N) is 1. The SMILES string of the molecule is Cc1sc2c(c1C)C(c1ccc(Cl)cc1)=N[C@H](CC(=O)NCCC(F)F)c1nnc(C)n1-2. The summed E-state index contributed by atoms with van der Waals surface area (Å²) < 4.78 is 26.8. The lowest BCUT2D eigenvalue weighted by Gasteiger charge is -2.13. The van der Waals surface area contributed by atoms with Crippen molar-refractivity contribution in [3.05, 3.63) is 62.5 Å². The van der Waals surface area contributed by atoms with Crippen molar-refractivity contribution in [2.75, 3.05) is 6.54 Å². The minimum absolute atomic E-state index is 0.0224. The lowest BCUT2D eigenvalue weighted by Crippen LogP contribution is -2.27. The zero-order chi connectivity index (χ0) is 23.0. The molecule has 0 saturated carbocycles. The lowest BCUT2D eigenvalue weighted by atomic mass is 9.99. The molecule has 0 unspecified atom stereocenters. The molecule has 168 valence electrons. The minimum Gasteiger partial charge on any atom is -0.356 e. The van der Waals surface area contributed by atoms with Crippen LogP contribution in [-0.4, -0.2) is 39.4 Å². The van der Waals surface area contributed by atoms with E-state index in [4.69, 9.17) is 16.6 Å². The van der Waals surface area contributed by atoms with Gasteiger partial charge in [0.05, 0.1) is 12.1 Å². The maximum Gasteiger partial charge on any atom is 0.240 e. The van der Waals surface area contributed by atoms with Crippen molar-refractivity contribution in [1.29, 1.82) is 0 Å². The van der Waals surface area contributed by atoms with Crippen LogP contribution < -0.4 is 5.32 Å². The van der Waals surface area contributed by atoms with Gasteiger partial charge >= 0.3 is 0 Å². The molecule has 32 heavy (non-hydrogen) atoms. The second kappa shape index (κ2) is 9.07. The van der Waals surface area contributed by atoms with Crippen LogP contribution in [0.2, 0.25) is 5.02 Å². The number of benzene rings is 1. The quantitative estimate of drug-likeness (QED) is 0.545. The van der Waals surface area contributed by atoms with Crippen LogP contribution in [-0.2, 0) is 4.79 Å². The average molecular weight is 478 g/mol. The van der Waals surface area contributed by atoms with Crippen molar-refractivity contribution in [3.63, 3.8) is 0 Å². The van der Waals surface area contributed by atoms with Gasteiger partial charge in [-0.2, -0.15) is 0 Å². The predicted molar refractivity (Wildman–Crippen MR) is 122 cm³/mol. The van der Waals surface area contributed by atoms with Gasteiger partial charge < -0.3 is 5.32 Å². The first kappa shape index (κ1) is 22.5. The number of hydrogen-bond donors (Lipinski definition) is 1. The van der Waals surface area contributed by atoms with E-state index >= 15 is 0 Å². The summed E-state index contributed by atoms with van der Waals surface area (Å²) in [4.78, 5) is 18.7. The van der Waals surface area contributed by atoms with Gasteiger partial charge in [0.1, 0.15) is 16.9 Å². The maximum absolute atomic E-state index is 12.5. The van der Waals surface area contributed by atoms with Gasteiger partial charge in [0.2, 0.25) is 12.3 Å². The fourth-order valence-electron chi connectivity index (χ4n) is 3.70. The monoisotopic (exact) mass is 477 g/mol. The van der Waals surface area contributed by atoms with Gasteiger partial charge in [-0.05, 0) is 38.5 Å². The molecular formula is C22H22ClF2N5OS. The Morgan fingerprint density at radius 1 is 1.22 bits per heavy atom. The Labute approximate surface area is 193 Å². The predicted octanol–water partition coefficient (Wildman–Crippen LogP) is 4.96. The Bertz CT molecular complexity index is 1190. The van der Waals surface area contributed by atoms with E-state index in [1.54, 1.807) is 23.5 Å². The smallest absolute Gasteiger partial charge is 0.240 e. The third-order valence-corrected chi connectivity index (χ3v) is 6.87. The highest BCUT2D eigenvalue weighted by Crippen LogP contribution is 2.39. The number of fused-ring (bicyclic) bond motifs is 3. The van der Waals surface area contributed by atoms with Gasteiger partial charge in [-0.3, -0.25) is 14.4 Å². The zero-order valence-corrected chi connectivity index (χ0v) is 19.4. The summed E-state index contributed by atoms with van der Waals surface area (Å²) >= 11 is 7.72. The lowest BCUT2D eigenvalue weighted by molar-refractivity contribution is -0.121. The molecule has 1 atom stereocenters. The van der Waals surface area contributed by atoms with Crippen molar-refractivity contribution in [2.24, 2.45) is 4.99 Å². The number of aromatic nitrogens is 3. The van der Waals surface area contributed by atoms with Crippen LogP contribution in [0.1, 0.15) is 52.1 Å². The van der Waals surface area contributed by atoms with Crippen LogP contribution in [0.5, 0.6) is 0 Å². The number of nitrogens with zero attached hydrogens (tertiary/aromatic N) is 4. The van der Waals surface area contributed by atoms with Crippen molar-refractivity contribution in [3.8, 4) is 5.00 Å². The summed E-state index contributed by atoms with van der Waals surface area (Å²) in [7, 11) is 0. The molecular weight excluding hydrogens is 456 g/mol. The first-order valence-corrected chi connectivity index (χ1v) is 11.4. The summed E-state index contributed by atoms with van der Waals surface area (Å²) in [5.74, 6) is 0.886. The first-order chi connectivity index (χ1) is 15.3. The molecule has 1 aromatic carbocycles. The van der Waals surface area contributed by atoms with Gasteiger partial charge in [-0.25, -0.2) is 8.78 Å². The van der Waals surface area contributed by atoms with Gasteiger partial charge in [-0.15, -0.1) is 21.5 Å². The fraction of sp³-hybridized carbons (Fsp3) is 0.364. The number of aryl methyl sites for hydroxylation is 2. The summed E-state index contributed by atoms with van der Waals surface area (Å²) in [6, 6.07) is 6.78. The summed E-state index contributed by atoms with van der Waals surface area (Å²) in [5, 5.41) is 12.7. The highest BCUT2D eigenvalue weighted by atomic mass is 35.5. The molecule has 1 aliphatic heterocycles. The van der Waals surface area contributed by atoms with E-state index in [1.165, 1.54) is 0 Å². The van der Waals surface area contributed by atoms with E-state index in [2.05, 4.69) is 22.4 Å². The molecule has 0 bridgehead atoms. The summed E-state index contributed by atoms with van der Waals surface area (Å²) in [6.45, 7) is 5.88. The molecule has 0 radical (unpaired) electrons. The van der Waals surface area contributed by atoms with Crippen molar-refractivity contribution < 1.29 is 13.6 Å². The standard InChI is InChI=1S/C22H22ClF2N5OS/c1-11-12(2)32-22-19(11)20(14-4-6-15(23)7-5-14)27-16(21-29-28-13(3)30(21)22)10-18(31)26-9-8-17(24)25/h4-7,16-17H,8-10H2,1-3H3,(H,26,31)/t16-/m1/s1. The largest absolute Gasteiger partial charge is 0.356 e. The number of aliphatic imine (C=N–C) groups is 1. The first-order valence-electron chi connectivity index (χ1n) is 10.2. The van der Waals surface area contributed by atoms with Gasteiger partial charge in [0.25, 0.3) is 0 Å². The number of carbonyl (C=O) groups excluding carboxylic acids is 1. The number of halogens is 3. The topological polar surface area (TPSA) is 72.2 Å². The fourth-order valence-corrected chi connectivity index (χ4v) is 5.04. The second-order valence-electron chi connectivity index (χ2n) is 7.64. The van der Waals surface area contributed by atoms with Crippen molar-refractivity contribution in [2.45, 2.75) is 46.1 Å². The average Bonchev–Trinajstić information content (AvgIpc) is 3.21. The second-order valence-corrected chi connectivity index (χ2v) is 9.28. The molecule has 1 N–H and O–H groups in total. The molecule has 1 aliphatic rings. The number of alkyl halides is 2. The van der Waals surface area contributed by atoms with Crippen LogP contribution >= 0.6 is 22.9 Å². The van der Waals surface area contributed by atoms with E-state index in [9.17, 15) is 13.6 Å². The Morgan fingerprint density at radius 2 is 1.94 bits per heavy atom. The number of rotatable bonds is 6. The zero-order valence-electron chi connectivity index (χ0n) is 17.8. The van der Waals surface area contributed by atoms with Crippen LogP contribution in [0.25, 0.3) is 5.00 Å². The summed E-state index contributed by atoms with van der Waals surface area (Å²) in [6.07, 6.45) is -2.87. The molecule has 4 rings (SSSR count). The van der Waals surface area contributed by atoms with Crippen LogP contribution in [0.15, 0.2) is 29.3 Å². The van der Waals surface area contributed by atoms with E-state index < -0.39 is 12.5 Å². The van der Waals surface area contributed by atoms with E-state index in [0.717, 1.165) is 32.3 Å². The summed E-state index contributed by atoms with van der Waals surface area (Å²) in [5.41, 5.74) is 3.68. The molecule has 0 saturated heterocycles. The molecule has 3 aromatic rings. The molecule has 3 heterocycles. The van der Waals surface area contributed by atoms with Crippen LogP contribution in [0, 0.1) is 20.8 Å². The number of hydrogen-bond acceptors (Lipinski definition) is 5. The maximum atomic E-state index is 12.5.